The maximum absolute atomic E-state index is 11.0. The lowest BCUT2D eigenvalue weighted by Crippen LogP contribution is -2.39. The molecule has 4 rings (SSSR count). The number of morpholine rings is 1. The molecule has 3 aromatic rings. The smallest absolute Gasteiger partial charge is 0.128 e. The second-order valence-corrected chi connectivity index (χ2v) is 6.19. The van der Waals surface area contributed by atoms with Crippen LogP contribution in [-0.4, -0.2) is 36.3 Å². The minimum absolute atomic E-state index is 0.0414. The fourth-order valence-electron chi connectivity index (χ4n) is 3.55. The summed E-state index contributed by atoms with van der Waals surface area (Å²) < 4.78 is 5.52. The van der Waals surface area contributed by atoms with Gasteiger partial charge in [0.05, 0.1) is 19.3 Å². The molecule has 1 atom stereocenters. The molecule has 1 saturated heterocycles. The molecule has 1 unspecified atom stereocenters. The van der Waals surface area contributed by atoms with E-state index in [1.54, 1.807) is 0 Å². The van der Waals surface area contributed by atoms with Crippen molar-refractivity contribution < 1.29 is 9.84 Å². The molecule has 1 fully saturated rings. The Kier molecular flexibility index (Phi) is 4.20. The van der Waals surface area contributed by atoms with Crippen molar-refractivity contribution in [2.24, 2.45) is 0 Å². The highest BCUT2D eigenvalue weighted by Crippen LogP contribution is 2.38. The van der Waals surface area contributed by atoms with Crippen LogP contribution >= 0.6 is 0 Å². The fraction of sp³-hybridized carbons (Fsp3) is 0.238. The zero-order valence-electron chi connectivity index (χ0n) is 13.6. The largest absolute Gasteiger partial charge is 0.507 e. The maximum atomic E-state index is 11.0. The van der Waals surface area contributed by atoms with Crippen LogP contribution in [0.4, 0.5) is 0 Å². The number of nitrogens with zero attached hydrogens (tertiary/aromatic N) is 1. The van der Waals surface area contributed by atoms with Crippen LogP contribution in [0, 0.1) is 0 Å². The van der Waals surface area contributed by atoms with Crippen LogP contribution in [0.1, 0.15) is 17.2 Å². The maximum Gasteiger partial charge on any atom is 0.128 e. The first-order chi connectivity index (χ1) is 11.8. The van der Waals surface area contributed by atoms with Gasteiger partial charge in [0.1, 0.15) is 5.75 Å². The summed E-state index contributed by atoms with van der Waals surface area (Å²) in [6, 6.07) is 22.6. The molecule has 0 saturated carbocycles. The fourth-order valence-corrected chi connectivity index (χ4v) is 3.55. The highest BCUT2D eigenvalue weighted by atomic mass is 16.5. The third-order valence-corrected chi connectivity index (χ3v) is 4.75. The van der Waals surface area contributed by atoms with Gasteiger partial charge in [-0.2, -0.15) is 0 Å². The van der Waals surface area contributed by atoms with E-state index < -0.39 is 0 Å². The lowest BCUT2D eigenvalue weighted by atomic mass is 9.93. The number of ether oxygens (including phenoxy) is 1. The first-order valence-corrected chi connectivity index (χ1v) is 8.42. The van der Waals surface area contributed by atoms with Crippen molar-refractivity contribution in [2.75, 3.05) is 26.3 Å². The number of fused-ring (bicyclic) bond motifs is 1. The molecule has 0 radical (unpaired) electrons. The second kappa shape index (κ2) is 6.63. The van der Waals surface area contributed by atoms with E-state index in [0.29, 0.717) is 5.75 Å². The van der Waals surface area contributed by atoms with E-state index in [-0.39, 0.29) is 6.04 Å². The van der Waals surface area contributed by atoms with Gasteiger partial charge >= 0.3 is 0 Å². The van der Waals surface area contributed by atoms with Crippen LogP contribution in [-0.2, 0) is 4.74 Å². The molecule has 0 amide bonds. The average molecular weight is 319 g/mol. The number of hydrogen-bond donors (Lipinski definition) is 1. The minimum atomic E-state index is 0.0414. The van der Waals surface area contributed by atoms with Crippen molar-refractivity contribution in [3.8, 4) is 5.75 Å². The quantitative estimate of drug-likeness (QED) is 0.793. The molecule has 3 heteroatoms. The van der Waals surface area contributed by atoms with E-state index in [1.165, 1.54) is 5.56 Å². The summed E-state index contributed by atoms with van der Waals surface area (Å²) in [7, 11) is 0. The molecular formula is C21H21NO2. The lowest BCUT2D eigenvalue weighted by Gasteiger charge is -2.35. The monoisotopic (exact) mass is 319 g/mol. The SMILES string of the molecule is Oc1c(C(c2ccccc2)N2CCOCC2)ccc2ccccc12. The van der Waals surface area contributed by atoms with E-state index in [4.69, 9.17) is 4.74 Å². The van der Waals surface area contributed by atoms with Gasteiger partial charge < -0.3 is 9.84 Å². The van der Waals surface area contributed by atoms with Crippen molar-refractivity contribution in [2.45, 2.75) is 6.04 Å². The van der Waals surface area contributed by atoms with E-state index in [2.05, 4.69) is 41.3 Å². The standard InChI is InChI=1S/C21H21NO2/c23-21-18-9-5-4-6-16(18)10-11-19(21)20(17-7-2-1-3-8-17)22-12-14-24-15-13-22/h1-11,20,23H,12-15H2. The Morgan fingerprint density at radius 1 is 0.833 bits per heavy atom. The summed E-state index contributed by atoms with van der Waals surface area (Å²) in [6.07, 6.45) is 0. The topological polar surface area (TPSA) is 32.7 Å². The molecule has 0 aliphatic carbocycles. The van der Waals surface area contributed by atoms with Crippen LogP contribution < -0.4 is 0 Å². The molecular weight excluding hydrogens is 298 g/mol. The zero-order chi connectivity index (χ0) is 16.4. The highest BCUT2D eigenvalue weighted by Gasteiger charge is 2.26. The van der Waals surface area contributed by atoms with Crippen molar-refractivity contribution in [1.29, 1.82) is 0 Å². The van der Waals surface area contributed by atoms with Gasteiger partial charge in [0.25, 0.3) is 0 Å². The zero-order valence-corrected chi connectivity index (χ0v) is 13.6. The number of hydrogen-bond acceptors (Lipinski definition) is 3. The Balaban J connectivity index is 1.85. The molecule has 1 aliphatic rings. The molecule has 0 aromatic heterocycles. The van der Waals surface area contributed by atoms with E-state index >= 15 is 0 Å². The summed E-state index contributed by atoms with van der Waals surface area (Å²) in [6.45, 7) is 3.20. The average Bonchev–Trinajstić information content (AvgIpc) is 2.66. The first kappa shape index (κ1) is 15.2. The molecule has 24 heavy (non-hydrogen) atoms. The summed E-state index contributed by atoms with van der Waals surface area (Å²) in [5.41, 5.74) is 2.16. The van der Waals surface area contributed by atoms with Gasteiger partial charge in [0, 0.05) is 24.0 Å². The van der Waals surface area contributed by atoms with E-state index in [0.717, 1.165) is 42.6 Å². The molecule has 1 N–H and O–H groups in total. The van der Waals surface area contributed by atoms with Crippen molar-refractivity contribution in [3.63, 3.8) is 0 Å². The summed E-state index contributed by atoms with van der Waals surface area (Å²) in [5, 5.41) is 12.9. The lowest BCUT2D eigenvalue weighted by molar-refractivity contribution is 0.0236. The Labute approximate surface area is 142 Å². The number of phenols is 1. The number of benzene rings is 3. The van der Waals surface area contributed by atoms with Crippen LogP contribution in [0.5, 0.6) is 5.75 Å². The predicted octanol–water partition coefficient (Wildman–Crippen LogP) is 3.97. The van der Waals surface area contributed by atoms with Crippen LogP contribution in [0.25, 0.3) is 10.8 Å². The Morgan fingerprint density at radius 2 is 1.54 bits per heavy atom. The van der Waals surface area contributed by atoms with E-state index in [9.17, 15) is 5.11 Å². The van der Waals surface area contributed by atoms with Gasteiger partial charge in [-0.1, -0.05) is 66.7 Å². The molecule has 3 nitrogen and oxygen atoms in total. The normalized spacial score (nSPS) is 17.0. The van der Waals surface area contributed by atoms with Gasteiger partial charge in [0.15, 0.2) is 0 Å². The summed E-state index contributed by atoms with van der Waals surface area (Å²) in [5.74, 6) is 0.383. The van der Waals surface area contributed by atoms with Crippen LogP contribution in [0.2, 0.25) is 0 Å². The second-order valence-electron chi connectivity index (χ2n) is 6.19. The Morgan fingerprint density at radius 3 is 2.33 bits per heavy atom. The predicted molar refractivity (Wildman–Crippen MR) is 96.3 cm³/mol. The van der Waals surface area contributed by atoms with Crippen molar-refractivity contribution in [1.82, 2.24) is 4.90 Å². The van der Waals surface area contributed by atoms with Gasteiger partial charge in [0.2, 0.25) is 0 Å². The molecule has 122 valence electrons. The van der Waals surface area contributed by atoms with Gasteiger partial charge in [-0.25, -0.2) is 0 Å². The number of rotatable bonds is 3. The molecule has 0 spiro atoms. The van der Waals surface area contributed by atoms with Crippen LogP contribution in [0.15, 0.2) is 66.7 Å². The summed E-state index contributed by atoms with van der Waals surface area (Å²) >= 11 is 0. The van der Waals surface area contributed by atoms with Crippen LogP contribution in [0.3, 0.4) is 0 Å². The van der Waals surface area contributed by atoms with Gasteiger partial charge in [-0.3, -0.25) is 4.90 Å². The molecule has 3 aromatic carbocycles. The number of aromatic hydroxyl groups is 1. The first-order valence-electron chi connectivity index (χ1n) is 8.42. The minimum Gasteiger partial charge on any atom is -0.507 e. The number of phenolic OH excluding ortho intramolecular Hbond substituents is 1. The molecule has 1 aliphatic heterocycles. The third-order valence-electron chi connectivity index (χ3n) is 4.75. The molecule has 0 bridgehead atoms. The Hall–Kier alpha value is -2.36. The van der Waals surface area contributed by atoms with E-state index in [1.807, 2.05) is 30.3 Å². The third kappa shape index (κ3) is 2.77. The Bertz CT molecular complexity index is 826. The highest BCUT2D eigenvalue weighted by molar-refractivity contribution is 5.89. The van der Waals surface area contributed by atoms with Crippen molar-refractivity contribution >= 4 is 10.8 Å². The van der Waals surface area contributed by atoms with Crippen molar-refractivity contribution in [3.05, 3.63) is 77.9 Å². The van der Waals surface area contributed by atoms with Gasteiger partial charge in [-0.15, -0.1) is 0 Å². The summed E-state index contributed by atoms with van der Waals surface area (Å²) in [4.78, 5) is 2.39. The molecule has 1 heterocycles. The van der Waals surface area contributed by atoms with Gasteiger partial charge in [-0.05, 0) is 10.9 Å².